The average Bonchev–Trinajstić information content (AvgIpc) is 2.46. The molecule has 1 aliphatic carbocycles. The van der Waals surface area contributed by atoms with Gasteiger partial charge in [0, 0.05) is 11.5 Å². The molecular weight excluding hydrogens is 224 g/mol. The fourth-order valence-electron chi connectivity index (χ4n) is 2.54. The van der Waals surface area contributed by atoms with E-state index in [1.54, 1.807) is 7.11 Å². The number of benzene rings is 1. The van der Waals surface area contributed by atoms with Gasteiger partial charge < -0.3 is 10.5 Å². The molecule has 1 fully saturated rings. The van der Waals surface area contributed by atoms with Crippen molar-refractivity contribution in [1.82, 2.24) is 0 Å². The topological polar surface area (TPSA) is 47.6 Å². The van der Waals surface area contributed by atoms with E-state index in [4.69, 9.17) is 10.5 Å². The number of ether oxygens (including phenoxy) is 1. The van der Waals surface area contributed by atoms with Crippen molar-refractivity contribution in [2.75, 3.05) is 7.11 Å². The van der Waals surface area contributed by atoms with E-state index in [9.17, 15) is 0 Å². The van der Waals surface area contributed by atoms with Gasteiger partial charge in [0.25, 0.3) is 0 Å². The lowest BCUT2D eigenvalue weighted by atomic mass is 9.88. The number of rotatable bonds is 4. The lowest BCUT2D eigenvalue weighted by molar-refractivity contribution is 0.409. The zero-order valence-electron chi connectivity index (χ0n) is 11.1. The average molecular weight is 246 g/mol. The lowest BCUT2D eigenvalue weighted by Crippen LogP contribution is -2.25. The summed E-state index contributed by atoms with van der Waals surface area (Å²) in [7, 11) is 1.69. The third-order valence-electron chi connectivity index (χ3n) is 3.65. The van der Waals surface area contributed by atoms with Crippen LogP contribution < -0.4 is 10.5 Å². The number of hydrogen-bond acceptors (Lipinski definition) is 2. The summed E-state index contributed by atoms with van der Waals surface area (Å²) in [4.78, 5) is 4.54. The molecule has 0 amide bonds. The molecule has 1 aromatic rings. The van der Waals surface area contributed by atoms with E-state index in [0.29, 0.717) is 12.5 Å². The van der Waals surface area contributed by atoms with Crippen LogP contribution in [0.3, 0.4) is 0 Å². The van der Waals surface area contributed by atoms with Gasteiger partial charge in [0.15, 0.2) is 0 Å². The van der Waals surface area contributed by atoms with Crippen LogP contribution >= 0.6 is 0 Å². The monoisotopic (exact) mass is 246 g/mol. The Hall–Kier alpha value is -1.51. The second kappa shape index (κ2) is 6.43. The highest BCUT2D eigenvalue weighted by molar-refractivity contribution is 5.82. The zero-order valence-corrected chi connectivity index (χ0v) is 11.1. The normalized spacial score (nSPS) is 17.7. The number of amidine groups is 1. The van der Waals surface area contributed by atoms with Gasteiger partial charge in [-0.2, -0.15) is 0 Å². The lowest BCUT2D eigenvalue weighted by Gasteiger charge is -2.21. The minimum Gasteiger partial charge on any atom is -0.496 e. The number of hydrogen-bond donors (Lipinski definition) is 1. The van der Waals surface area contributed by atoms with E-state index in [1.165, 1.54) is 32.1 Å². The first-order chi connectivity index (χ1) is 8.81. The summed E-state index contributed by atoms with van der Waals surface area (Å²) in [5.74, 6) is 2.20. The van der Waals surface area contributed by atoms with Crippen LogP contribution in [0.2, 0.25) is 0 Å². The summed E-state index contributed by atoms with van der Waals surface area (Å²) in [5.41, 5.74) is 7.19. The van der Waals surface area contributed by atoms with Crippen molar-refractivity contribution >= 4 is 5.84 Å². The van der Waals surface area contributed by atoms with Crippen LogP contribution in [0.4, 0.5) is 0 Å². The van der Waals surface area contributed by atoms with E-state index >= 15 is 0 Å². The Morgan fingerprint density at radius 1 is 1.28 bits per heavy atom. The maximum Gasteiger partial charge on any atom is 0.123 e. The van der Waals surface area contributed by atoms with Crippen molar-refractivity contribution in [3.05, 3.63) is 29.8 Å². The Balaban J connectivity index is 2.00. The number of methoxy groups -OCH3 is 1. The van der Waals surface area contributed by atoms with E-state index in [2.05, 4.69) is 4.99 Å². The molecule has 0 aromatic heterocycles. The molecule has 3 heteroatoms. The Morgan fingerprint density at radius 2 is 2.00 bits per heavy atom. The van der Waals surface area contributed by atoms with Crippen molar-refractivity contribution in [2.24, 2.45) is 16.6 Å². The minimum absolute atomic E-state index is 0.494. The van der Waals surface area contributed by atoms with Gasteiger partial charge in [-0.3, -0.25) is 4.99 Å². The van der Waals surface area contributed by atoms with Crippen molar-refractivity contribution < 1.29 is 4.74 Å². The van der Waals surface area contributed by atoms with Gasteiger partial charge in [0.05, 0.1) is 19.5 Å². The molecule has 1 saturated carbocycles. The summed E-state index contributed by atoms with van der Waals surface area (Å²) in [6.07, 6.45) is 6.31. The minimum atomic E-state index is 0.494. The van der Waals surface area contributed by atoms with Crippen LogP contribution in [-0.4, -0.2) is 12.9 Å². The molecule has 0 spiro atoms. The second-order valence-electron chi connectivity index (χ2n) is 4.89. The molecule has 3 nitrogen and oxygen atoms in total. The van der Waals surface area contributed by atoms with Crippen LogP contribution in [0.15, 0.2) is 29.3 Å². The molecule has 0 aliphatic heterocycles. The Kier molecular flexibility index (Phi) is 4.62. The van der Waals surface area contributed by atoms with E-state index < -0.39 is 0 Å². The molecule has 0 atom stereocenters. The summed E-state index contributed by atoms with van der Waals surface area (Å²) in [6.45, 7) is 0.617. The van der Waals surface area contributed by atoms with Crippen molar-refractivity contribution in [3.8, 4) is 5.75 Å². The molecular formula is C15H22N2O. The van der Waals surface area contributed by atoms with Crippen LogP contribution in [0.1, 0.15) is 37.7 Å². The highest BCUT2D eigenvalue weighted by Gasteiger charge is 2.16. The maximum atomic E-state index is 6.10. The van der Waals surface area contributed by atoms with Crippen LogP contribution in [0, 0.1) is 5.92 Å². The van der Waals surface area contributed by atoms with Gasteiger partial charge in [-0.1, -0.05) is 37.5 Å². The van der Waals surface area contributed by atoms with Gasteiger partial charge in [0.1, 0.15) is 5.75 Å². The van der Waals surface area contributed by atoms with Gasteiger partial charge in [-0.15, -0.1) is 0 Å². The molecule has 18 heavy (non-hydrogen) atoms. The predicted molar refractivity (Wildman–Crippen MR) is 74.9 cm³/mol. The molecule has 0 saturated heterocycles. The van der Waals surface area contributed by atoms with E-state index in [-0.39, 0.29) is 0 Å². The largest absolute Gasteiger partial charge is 0.496 e. The first kappa shape index (κ1) is 12.9. The standard InChI is InChI=1S/C15H22N2O/c1-18-14-10-6-5-9-13(14)11-17-15(16)12-7-3-2-4-8-12/h5-6,9-10,12H,2-4,7-8,11H2,1H3,(H2,16,17). The molecule has 2 N–H and O–H groups in total. The van der Waals surface area contributed by atoms with Gasteiger partial charge in [0.2, 0.25) is 0 Å². The highest BCUT2D eigenvalue weighted by Crippen LogP contribution is 2.24. The number of aliphatic imine (C=N–C) groups is 1. The summed E-state index contributed by atoms with van der Waals surface area (Å²) < 4.78 is 5.31. The van der Waals surface area contributed by atoms with Gasteiger partial charge in [-0.05, 0) is 18.9 Å². The second-order valence-corrected chi connectivity index (χ2v) is 4.89. The van der Waals surface area contributed by atoms with E-state index in [0.717, 1.165) is 17.1 Å². The van der Waals surface area contributed by atoms with Gasteiger partial charge >= 0.3 is 0 Å². The molecule has 2 rings (SSSR count). The molecule has 1 aromatic carbocycles. The quantitative estimate of drug-likeness (QED) is 0.655. The Morgan fingerprint density at radius 3 is 2.72 bits per heavy atom. The van der Waals surface area contributed by atoms with Crippen LogP contribution in [0.5, 0.6) is 5.75 Å². The van der Waals surface area contributed by atoms with Crippen molar-refractivity contribution in [1.29, 1.82) is 0 Å². The SMILES string of the molecule is COc1ccccc1CN=C(N)C1CCCCC1. The van der Waals surface area contributed by atoms with Crippen LogP contribution in [-0.2, 0) is 6.54 Å². The molecule has 0 unspecified atom stereocenters. The summed E-state index contributed by atoms with van der Waals surface area (Å²) in [6, 6.07) is 7.97. The third kappa shape index (κ3) is 3.25. The Bertz CT molecular complexity index is 409. The summed E-state index contributed by atoms with van der Waals surface area (Å²) in [5, 5.41) is 0. The van der Waals surface area contributed by atoms with Gasteiger partial charge in [-0.25, -0.2) is 0 Å². The predicted octanol–water partition coefficient (Wildman–Crippen LogP) is 3.13. The third-order valence-corrected chi connectivity index (χ3v) is 3.65. The van der Waals surface area contributed by atoms with Crippen LogP contribution in [0.25, 0.3) is 0 Å². The zero-order chi connectivity index (χ0) is 12.8. The first-order valence-electron chi connectivity index (χ1n) is 6.73. The maximum absolute atomic E-state index is 6.10. The highest BCUT2D eigenvalue weighted by atomic mass is 16.5. The number of nitrogens with two attached hydrogens (primary N) is 1. The summed E-state index contributed by atoms with van der Waals surface area (Å²) >= 11 is 0. The molecule has 0 heterocycles. The van der Waals surface area contributed by atoms with E-state index in [1.807, 2.05) is 24.3 Å². The fraction of sp³-hybridized carbons (Fsp3) is 0.533. The molecule has 0 bridgehead atoms. The van der Waals surface area contributed by atoms with Crippen molar-refractivity contribution in [3.63, 3.8) is 0 Å². The smallest absolute Gasteiger partial charge is 0.123 e. The number of para-hydroxylation sites is 1. The van der Waals surface area contributed by atoms with Crippen molar-refractivity contribution in [2.45, 2.75) is 38.6 Å². The fourth-order valence-corrected chi connectivity index (χ4v) is 2.54. The molecule has 0 radical (unpaired) electrons. The Labute approximate surface area is 109 Å². The molecule has 1 aliphatic rings. The number of nitrogens with zero attached hydrogens (tertiary/aromatic N) is 1. The molecule has 98 valence electrons. The first-order valence-corrected chi connectivity index (χ1v) is 6.73.